The SMILES string of the molecule is c1ccc2cc(CNCc3cnc[nH]3)ccc2c1. The second-order valence-corrected chi connectivity index (χ2v) is 4.36. The van der Waals surface area contributed by atoms with Gasteiger partial charge in [-0.3, -0.25) is 0 Å². The predicted octanol–water partition coefficient (Wildman–Crippen LogP) is 2.85. The Morgan fingerprint density at radius 1 is 1.00 bits per heavy atom. The maximum atomic E-state index is 3.99. The van der Waals surface area contributed by atoms with Crippen molar-refractivity contribution in [3.63, 3.8) is 0 Å². The highest BCUT2D eigenvalue weighted by atomic mass is 14.9. The Morgan fingerprint density at radius 2 is 1.89 bits per heavy atom. The zero-order chi connectivity index (χ0) is 12.2. The van der Waals surface area contributed by atoms with Crippen LogP contribution in [0.15, 0.2) is 55.0 Å². The molecule has 3 nitrogen and oxygen atoms in total. The van der Waals surface area contributed by atoms with Gasteiger partial charge in [0.2, 0.25) is 0 Å². The third-order valence-corrected chi connectivity index (χ3v) is 3.01. The van der Waals surface area contributed by atoms with E-state index in [1.54, 1.807) is 6.33 Å². The van der Waals surface area contributed by atoms with Crippen molar-refractivity contribution in [3.05, 3.63) is 66.2 Å². The normalized spacial score (nSPS) is 10.9. The number of aromatic nitrogens is 2. The van der Waals surface area contributed by atoms with E-state index in [1.165, 1.54) is 16.3 Å². The van der Waals surface area contributed by atoms with Gasteiger partial charge in [0.25, 0.3) is 0 Å². The fraction of sp³-hybridized carbons (Fsp3) is 0.133. The molecular weight excluding hydrogens is 222 g/mol. The Morgan fingerprint density at radius 3 is 2.72 bits per heavy atom. The van der Waals surface area contributed by atoms with Gasteiger partial charge in [0.05, 0.1) is 6.33 Å². The highest BCUT2D eigenvalue weighted by Gasteiger charge is 1.97. The summed E-state index contributed by atoms with van der Waals surface area (Å²) in [5.74, 6) is 0. The van der Waals surface area contributed by atoms with Gasteiger partial charge in [-0.1, -0.05) is 36.4 Å². The zero-order valence-electron chi connectivity index (χ0n) is 10.1. The first kappa shape index (κ1) is 11.0. The largest absolute Gasteiger partial charge is 0.347 e. The van der Waals surface area contributed by atoms with Crippen LogP contribution in [0.3, 0.4) is 0 Å². The monoisotopic (exact) mass is 237 g/mol. The molecule has 0 amide bonds. The quantitative estimate of drug-likeness (QED) is 0.732. The third-order valence-electron chi connectivity index (χ3n) is 3.01. The first-order chi connectivity index (χ1) is 8.92. The molecule has 0 radical (unpaired) electrons. The van der Waals surface area contributed by atoms with Gasteiger partial charge in [0.1, 0.15) is 0 Å². The first-order valence-electron chi connectivity index (χ1n) is 6.07. The number of imidazole rings is 1. The fourth-order valence-electron chi connectivity index (χ4n) is 2.07. The number of nitrogens with one attached hydrogen (secondary N) is 2. The lowest BCUT2D eigenvalue weighted by molar-refractivity contribution is 0.683. The summed E-state index contributed by atoms with van der Waals surface area (Å²) >= 11 is 0. The van der Waals surface area contributed by atoms with Crippen LogP contribution < -0.4 is 5.32 Å². The lowest BCUT2D eigenvalue weighted by Crippen LogP contribution is -2.12. The summed E-state index contributed by atoms with van der Waals surface area (Å²) < 4.78 is 0. The van der Waals surface area contributed by atoms with Crippen LogP contribution in [0.1, 0.15) is 11.3 Å². The molecule has 0 spiro atoms. The van der Waals surface area contributed by atoms with Crippen molar-refractivity contribution >= 4 is 10.8 Å². The van der Waals surface area contributed by atoms with E-state index >= 15 is 0 Å². The highest BCUT2D eigenvalue weighted by Crippen LogP contribution is 2.15. The number of rotatable bonds is 4. The van der Waals surface area contributed by atoms with Crippen molar-refractivity contribution in [2.24, 2.45) is 0 Å². The van der Waals surface area contributed by atoms with Crippen LogP contribution >= 0.6 is 0 Å². The van der Waals surface area contributed by atoms with E-state index in [0.717, 1.165) is 18.8 Å². The van der Waals surface area contributed by atoms with E-state index in [0.29, 0.717) is 0 Å². The summed E-state index contributed by atoms with van der Waals surface area (Å²) in [7, 11) is 0. The van der Waals surface area contributed by atoms with Crippen molar-refractivity contribution in [3.8, 4) is 0 Å². The van der Waals surface area contributed by atoms with Gasteiger partial charge in [-0.05, 0) is 22.4 Å². The molecule has 18 heavy (non-hydrogen) atoms. The van der Waals surface area contributed by atoms with Crippen LogP contribution in [-0.2, 0) is 13.1 Å². The van der Waals surface area contributed by atoms with Crippen molar-refractivity contribution in [1.82, 2.24) is 15.3 Å². The lowest BCUT2D eigenvalue weighted by Gasteiger charge is -2.05. The van der Waals surface area contributed by atoms with Crippen molar-refractivity contribution in [2.45, 2.75) is 13.1 Å². The number of fused-ring (bicyclic) bond motifs is 1. The minimum Gasteiger partial charge on any atom is -0.347 e. The van der Waals surface area contributed by atoms with Gasteiger partial charge in [0, 0.05) is 25.0 Å². The lowest BCUT2D eigenvalue weighted by atomic mass is 10.1. The summed E-state index contributed by atoms with van der Waals surface area (Å²) in [5.41, 5.74) is 2.41. The van der Waals surface area contributed by atoms with Gasteiger partial charge >= 0.3 is 0 Å². The highest BCUT2D eigenvalue weighted by molar-refractivity contribution is 5.82. The van der Waals surface area contributed by atoms with Crippen molar-refractivity contribution in [1.29, 1.82) is 0 Å². The Bertz CT molecular complexity index is 629. The molecule has 2 aromatic carbocycles. The van der Waals surface area contributed by atoms with E-state index in [1.807, 2.05) is 6.20 Å². The third kappa shape index (κ3) is 2.41. The number of hydrogen-bond acceptors (Lipinski definition) is 2. The van der Waals surface area contributed by atoms with Gasteiger partial charge in [-0.15, -0.1) is 0 Å². The topological polar surface area (TPSA) is 40.7 Å². The molecule has 0 fully saturated rings. The van der Waals surface area contributed by atoms with Crippen LogP contribution in [0, 0.1) is 0 Å². The number of hydrogen-bond donors (Lipinski definition) is 2. The average molecular weight is 237 g/mol. The smallest absolute Gasteiger partial charge is 0.0922 e. The van der Waals surface area contributed by atoms with Crippen LogP contribution in [0.2, 0.25) is 0 Å². The molecule has 0 saturated heterocycles. The van der Waals surface area contributed by atoms with Crippen molar-refractivity contribution in [2.75, 3.05) is 0 Å². The van der Waals surface area contributed by atoms with Crippen LogP contribution in [0.4, 0.5) is 0 Å². The van der Waals surface area contributed by atoms with Gasteiger partial charge in [-0.2, -0.15) is 0 Å². The molecule has 0 saturated carbocycles. The summed E-state index contributed by atoms with van der Waals surface area (Å²) in [6.45, 7) is 1.68. The van der Waals surface area contributed by atoms with Crippen LogP contribution in [-0.4, -0.2) is 9.97 Å². The predicted molar refractivity (Wildman–Crippen MR) is 73.1 cm³/mol. The Labute approximate surface area is 106 Å². The molecule has 3 heteroatoms. The molecule has 0 atom stereocenters. The van der Waals surface area contributed by atoms with E-state index < -0.39 is 0 Å². The van der Waals surface area contributed by atoms with E-state index in [4.69, 9.17) is 0 Å². The second kappa shape index (κ2) is 5.02. The van der Waals surface area contributed by atoms with Gasteiger partial charge in [0.15, 0.2) is 0 Å². The van der Waals surface area contributed by atoms with E-state index in [9.17, 15) is 0 Å². The maximum Gasteiger partial charge on any atom is 0.0922 e. The maximum absolute atomic E-state index is 3.99. The van der Waals surface area contributed by atoms with Crippen molar-refractivity contribution < 1.29 is 0 Å². The molecule has 0 unspecified atom stereocenters. The van der Waals surface area contributed by atoms with Crippen LogP contribution in [0.25, 0.3) is 10.8 Å². The minimum atomic E-state index is 0.812. The standard InChI is InChI=1S/C15H15N3/c1-2-4-14-7-12(5-6-13(14)3-1)8-16-9-15-10-17-11-18-15/h1-7,10-11,16H,8-9H2,(H,17,18). The Kier molecular flexibility index (Phi) is 3.07. The molecule has 0 aliphatic carbocycles. The zero-order valence-corrected chi connectivity index (χ0v) is 10.1. The van der Waals surface area contributed by atoms with Crippen LogP contribution in [0.5, 0.6) is 0 Å². The summed E-state index contributed by atoms with van der Waals surface area (Å²) in [6, 6.07) is 15.0. The molecule has 1 heterocycles. The number of nitrogens with zero attached hydrogens (tertiary/aromatic N) is 1. The van der Waals surface area contributed by atoms with E-state index in [2.05, 4.69) is 57.7 Å². The molecule has 0 bridgehead atoms. The fourth-order valence-corrected chi connectivity index (χ4v) is 2.07. The molecular formula is C15H15N3. The summed E-state index contributed by atoms with van der Waals surface area (Å²) in [6.07, 6.45) is 3.54. The summed E-state index contributed by atoms with van der Waals surface area (Å²) in [4.78, 5) is 7.07. The molecule has 3 aromatic rings. The van der Waals surface area contributed by atoms with Gasteiger partial charge in [-0.25, -0.2) is 4.98 Å². The number of aromatic amines is 1. The number of H-pyrrole nitrogens is 1. The summed E-state index contributed by atoms with van der Waals surface area (Å²) in [5, 5.41) is 5.97. The second-order valence-electron chi connectivity index (χ2n) is 4.36. The molecule has 1 aromatic heterocycles. The Balaban J connectivity index is 1.67. The number of benzene rings is 2. The average Bonchev–Trinajstić information content (AvgIpc) is 2.92. The van der Waals surface area contributed by atoms with Gasteiger partial charge < -0.3 is 10.3 Å². The van der Waals surface area contributed by atoms with E-state index in [-0.39, 0.29) is 0 Å². The Hall–Kier alpha value is -2.13. The minimum absolute atomic E-state index is 0.812. The molecule has 0 aliphatic heterocycles. The first-order valence-corrected chi connectivity index (χ1v) is 6.07. The molecule has 3 rings (SSSR count). The molecule has 2 N–H and O–H groups in total. The molecule has 0 aliphatic rings. The molecule has 90 valence electrons.